The first-order valence-corrected chi connectivity index (χ1v) is 10.7. The lowest BCUT2D eigenvalue weighted by molar-refractivity contribution is 0.0740. The van der Waals surface area contributed by atoms with Crippen molar-refractivity contribution in [2.24, 2.45) is 5.73 Å². The molecule has 1 amide bonds. The third-order valence-corrected chi connectivity index (χ3v) is 5.15. The zero-order valence-electron chi connectivity index (χ0n) is 17.3. The summed E-state index contributed by atoms with van der Waals surface area (Å²) < 4.78 is 5.70. The second-order valence-electron chi connectivity index (χ2n) is 7.31. The summed E-state index contributed by atoms with van der Waals surface area (Å²) in [5.74, 6) is 0.125. The Labute approximate surface area is 188 Å². The van der Waals surface area contributed by atoms with Gasteiger partial charge in [0.25, 0.3) is 5.91 Å². The Morgan fingerprint density at radius 2 is 1.71 bits per heavy atom. The number of phenolic OH excluding ortho intramolecular Hbond substituents is 1. The van der Waals surface area contributed by atoms with E-state index in [0.717, 1.165) is 24.0 Å². The molecule has 0 aromatic heterocycles. The van der Waals surface area contributed by atoms with Gasteiger partial charge in [-0.15, -0.1) is 0 Å². The second-order valence-corrected chi connectivity index (χ2v) is 7.74. The minimum absolute atomic E-state index is 0.0600. The molecule has 0 atom stereocenters. The van der Waals surface area contributed by atoms with Gasteiger partial charge in [0.2, 0.25) is 0 Å². The van der Waals surface area contributed by atoms with E-state index in [-0.39, 0.29) is 11.7 Å². The zero-order valence-corrected chi connectivity index (χ0v) is 18.1. The second kappa shape index (κ2) is 11.4. The predicted molar refractivity (Wildman–Crippen MR) is 123 cm³/mol. The SMILES string of the molecule is NCCCCN(Cc1ccc(Cl)cc1)C(=O)c1ccc(OCc2ccccc2)c(O)c1. The molecule has 5 nitrogen and oxygen atoms in total. The van der Waals surface area contributed by atoms with E-state index in [1.165, 1.54) is 6.07 Å². The Morgan fingerprint density at radius 1 is 0.968 bits per heavy atom. The van der Waals surface area contributed by atoms with E-state index in [2.05, 4.69) is 0 Å². The van der Waals surface area contributed by atoms with E-state index >= 15 is 0 Å². The fraction of sp³-hybridized carbons (Fsp3) is 0.240. The van der Waals surface area contributed by atoms with Crippen LogP contribution in [0.4, 0.5) is 0 Å². The number of carbonyl (C=O) groups excluding carboxylic acids is 1. The molecule has 3 aromatic carbocycles. The molecular formula is C25H27ClN2O3. The van der Waals surface area contributed by atoms with Crippen LogP contribution in [0, 0.1) is 0 Å². The molecule has 0 saturated carbocycles. The van der Waals surface area contributed by atoms with Gasteiger partial charge in [0.1, 0.15) is 6.61 Å². The number of carbonyl (C=O) groups is 1. The lowest BCUT2D eigenvalue weighted by Crippen LogP contribution is -2.31. The molecule has 0 heterocycles. The van der Waals surface area contributed by atoms with Crippen LogP contribution in [0.1, 0.15) is 34.3 Å². The minimum Gasteiger partial charge on any atom is -0.504 e. The number of phenols is 1. The highest BCUT2D eigenvalue weighted by Crippen LogP contribution is 2.28. The van der Waals surface area contributed by atoms with Gasteiger partial charge in [-0.1, -0.05) is 54.1 Å². The summed E-state index contributed by atoms with van der Waals surface area (Å²) in [5, 5.41) is 11.1. The van der Waals surface area contributed by atoms with E-state index in [1.54, 1.807) is 17.0 Å². The number of ether oxygens (including phenoxy) is 1. The lowest BCUT2D eigenvalue weighted by atomic mass is 10.1. The summed E-state index contributed by atoms with van der Waals surface area (Å²) in [5.41, 5.74) is 8.00. The Balaban J connectivity index is 1.71. The fourth-order valence-electron chi connectivity index (χ4n) is 3.20. The highest BCUT2D eigenvalue weighted by molar-refractivity contribution is 6.30. The van der Waals surface area contributed by atoms with Crippen molar-refractivity contribution in [3.63, 3.8) is 0 Å². The van der Waals surface area contributed by atoms with Crippen molar-refractivity contribution in [3.8, 4) is 11.5 Å². The molecule has 3 rings (SSSR count). The van der Waals surface area contributed by atoms with Crippen LogP contribution < -0.4 is 10.5 Å². The summed E-state index contributed by atoms with van der Waals surface area (Å²) in [4.78, 5) is 14.9. The Bertz CT molecular complexity index is 978. The van der Waals surface area contributed by atoms with Gasteiger partial charge in [-0.2, -0.15) is 0 Å². The highest BCUT2D eigenvalue weighted by Gasteiger charge is 2.18. The molecule has 0 fully saturated rings. The van der Waals surface area contributed by atoms with E-state index in [9.17, 15) is 9.90 Å². The normalized spacial score (nSPS) is 10.6. The number of nitrogens with zero attached hydrogens (tertiary/aromatic N) is 1. The average Bonchev–Trinajstić information content (AvgIpc) is 2.79. The van der Waals surface area contributed by atoms with Crippen LogP contribution in [0.25, 0.3) is 0 Å². The Hall–Kier alpha value is -3.02. The summed E-state index contributed by atoms with van der Waals surface area (Å²) in [7, 11) is 0. The van der Waals surface area contributed by atoms with Crippen molar-refractivity contribution in [1.29, 1.82) is 0 Å². The maximum atomic E-state index is 13.2. The number of nitrogens with two attached hydrogens (primary N) is 1. The average molecular weight is 439 g/mol. The molecule has 6 heteroatoms. The summed E-state index contributed by atoms with van der Waals surface area (Å²) in [6, 6.07) is 21.9. The smallest absolute Gasteiger partial charge is 0.254 e. The maximum Gasteiger partial charge on any atom is 0.254 e. The topological polar surface area (TPSA) is 75.8 Å². The third-order valence-electron chi connectivity index (χ3n) is 4.90. The van der Waals surface area contributed by atoms with Crippen molar-refractivity contribution >= 4 is 17.5 Å². The quantitative estimate of drug-likeness (QED) is 0.436. The summed E-state index contributed by atoms with van der Waals surface area (Å²) in [6.07, 6.45) is 1.64. The number of hydrogen-bond acceptors (Lipinski definition) is 4. The molecule has 0 aliphatic carbocycles. The van der Waals surface area contributed by atoms with Gasteiger partial charge >= 0.3 is 0 Å². The Morgan fingerprint density at radius 3 is 2.39 bits per heavy atom. The number of aromatic hydroxyl groups is 1. The van der Waals surface area contributed by atoms with Crippen molar-refractivity contribution in [1.82, 2.24) is 4.90 Å². The van der Waals surface area contributed by atoms with Crippen LogP contribution in [0.2, 0.25) is 5.02 Å². The minimum atomic E-state index is -0.156. The Kier molecular flexibility index (Phi) is 8.33. The molecule has 0 spiro atoms. The molecule has 31 heavy (non-hydrogen) atoms. The zero-order chi connectivity index (χ0) is 22.1. The molecule has 0 bridgehead atoms. The molecule has 0 unspecified atom stereocenters. The molecule has 0 aliphatic rings. The number of halogens is 1. The molecule has 0 saturated heterocycles. The van der Waals surface area contributed by atoms with Crippen molar-refractivity contribution in [2.75, 3.05) is 13.1 Å². The summed E-state index contributed by atoms with van der Waals surface area (Å²) in [6.45, 7) is 1.94. The van der Waals surface area contributed by atoms with Crippen LogP contribution in [-0.4, -0.2) is 29.0 Å². The maximum absolute atomic E-state index is 13.2. The van der Waals surface area contributed by atoms with Crippen molar-refractivity contribution in [2.45, 2.75) is 26.0 Å². The van der Waals surface area contributed by atoms with E-state index in [4.69, 9.17) is 22.1 Å². The molecular weight excluding hydrogens is 412 g/mol. The number of unbranched alkanes of at least 4 members (excludes halogenated alkanes) is 1. The van der Waals surface area contributed by atoms with Gasteiger partial charge < -0.3 is 20.5 Å². The van der Waals surface area contributed by atoms with Crippen LogP contribution in [0.3, 0.4) is 0 Å². The first-order valence-electron chi connectivity index (χ1n) is 10.3. The predicted octanol–water partition coefficient (Wildman–Crippen LogP) is 5.01. The number of hydrogen-bond donors (Lipinski definition) is 2. The number of rotatable bonds is 10. The third kappa shape index (κ3) is 6.74. The largest absolute Gasteiger partial charge is 0.504 e. The molecule has 0 radical (unpaired) electrons. The first-order chi connectivity index (χ1) is 15.1. The van der Waals surface area contributed by atoms with E-state index in [1.807, 2.05) is 54.6 Å². The number of amides is 1. The summed E-state index contributed by atoms with van der Waals surface area (Å²) >= 11 is 5.97. The first kappa shape index (κ1) is 22.7. The molecule has 3 N–H and O–H groups in total. The van der Waals surface area contributed by atoms with Gasteiger partial charge in [0, 0.05) is 23.7 Å². The van der Waals surface area contributed by atoms with Crippen LogP contribution in [-0.2, 0) is 13.2 Å². The van der Waals surface area contributed by atoms with Gasteiger partial charge in [-0.3, -0.25) is 4.79 Å². The fourth-order valence-corrected chi connectivity index (χ4v) is 3.33. The molecule has 162 valence electrons. The lowest BCUT2D eigenvalue weighted by Gasteiger charge is -2.23. The monoisotopic (exact) mass is 438 g/mol. The van der Waals surface area contributed by atoms with Crippen molar-refractivity contribution < 1.29 is 14.6 Å². The van der Waals surface area contributed by atoms with Crippen LogP contribution >= 0.6 is 11.6 Å². The van der Waals surface area contributed by atoms with E-state index in [0.29, 0.717) is 42.6 Å². The van der Waals surface area contributed by atoms with Gasteiger partial charge in [0.05, 0.1) is 0 Å². The molecule has 3 aromatic rings. The molecule has 0 aliphatic heterocycles. The van der Waals surface area contributed by atoms with Gasteiger partial charge in [0.15, 0.2) is 11.5 Å². The standard InChI is InChI=1S/C25H27ClN2O3/c26-22-11-8-19(9-12-22)17-28(15-5-4-14-27)25(30)21-10-13-24(23(29)16-21)31-18-20-6-2-1-3-7-20/h1-3,6-13,16,29H,4-5,14-15,17-18,27H2. The van der Waals surface area contributed by atoms with Crippen LogP contribution in [0.15, 0.2) is 72.8 Å². The highest BCUT2D eigenvalue weighted by atomic mass is 35.5. The van der Waals surface area contributed by atoms with Crippen LogP contribution in [0.5, 0.6) is 11.5 Å². The van der Waals surface area contributed by atoms with E-state index < -0.39 is 0 Å². The number of benzene rings is 3. The van der Waals surface area contributed by atoms with Gasteiger partial charge in [-0.25, -0.2) is 0 Å². The van der Waals surface area contributed by atoms with Gasteiger partial charge in [-0.05, 0) is 60.8 Å². The van der Waals surface area contributed by atoms with Crippen molar-refractivity contribution in [3.05, 3.63) is 94.5 Å².